The van der Waals surface area contributed by atoms with Crippen LogP contribution >= 0.6 is 0 Å². The van der Waals surface area contributed by atoms with Crippen LogP contribution in [-0.4, -0.2) is 53.2 Å². The maximum Gasteiger partial charge on any atom is 0.303 e. The molecule has 1 saturated carbocycles. The van der Waals surface area contributed by atoms with Gasteiger partial charge in [-0.2, -0.15) is 0 Å². The van der Waals surface area contributed by atoms with Crippen LogP contribution in [0.4, 0.5) is 14.5 Å². The Morgan fingerprint density at radius 3 is 2.58 bits per heavy atom. The molecule has 1 aromatic heterocycles. The maximum atomic E-state index is 14.3. The average Bonchev–Trinajstić information content (AvgIpc) is 3.58. The molecule has 10 heteroatoms. The van der Waals surface area contributed by atoms with Gasteiger partial charge in [0.05, 0.1) is 23.4 Å². The van der Waals surface area contributed by atoms with Crippen molar-refractivity contribution in [2.45, 2.75) is 57.5 Å². The summed E-state index contributed by atoms with van der Waals surface area (Å²) in [7, 11) is 0. The van der Waals surface area contributed by atoms with Gasteiger partial charge in [0.15, 0.2) is 0 Å². The van der Waals surface area contributed by atoms with E-state index in [1.807, 2.05) is 18.7 Å². The number of nitrogens with two attached hydrogens (primary N) is 1. The number of rotatable bonds is 10. The fraction of sp³-hybridized carbons (Fsp3) is 0.500. The zero-order chi connectivity index (χ0) is 26.0. The molecule has 0 spiro atoms. The van der Waals surface area contributed by atoms with Gasteiger partial charge in [0.25, 0.3) is 5.91 Å². The minimum Gasteiger partial charge on any atom is -0.481 e. The maximum absolute atomic E-state index is 14.3. The van der Waals surface area contributed by atoms with Gasteiger partial charge in [0, 0.05) is 43.4 Å². The number of carboxylic acid groups (broad SMARTS) is 1. The van der Waals surface area contributed by atoms with E-state index >= 15 is 0 Å². The fourth-order valence-corrected chi connectivity index (χ4v) is 4.61. The lowest BCUT2D eigenvalue weighted by atomic mass is 9.99. The number of nitrogens with zero attached hydrogens (tertiary/aromatic N) is 2. The molecule has 8 nitrogen and oxygen atoms in total. The second-order valence-corrected chi connectivity index (χ2v) is 10.1. The molecule has 36 heavy (non-hydrogen) atoms. The second-order valence-electron chi connectivity index (χ2n) is 10.1. The van der Waals surface area contributed by atoms with Gasteiger partial charge in [-0.25, -0.2) is 13.8 Å². The summed E-state index contributed by atoms with van der Waals surface area (Å²) in [6, 6.07) is 3.08. The molecule has 1 aliphatic carbocycles. The number of benzene rings is 1. The first kappa shape index (κ1) is 25.8. The summed E-state index contributed by atoms with van der Waals surface area (Å²) in [5.41, 5.74) is 7.02. The Kier molecular flexibility index (Phi) is 7.44. The van der Waals surface area contributed by atoms with E-state index in [0.717, 1.165) is 18.9 Å². The molecule has 1 aromatic carbocycles. The number of aliphatic carboxylic acids is 1. The molecular weight excluding hydrogens is 470 g/mol. The Labute approximate surface area is 208 Å². The lowest BCUT2D eigenvalue weighted by Gasteiger charge is -2.28. The van der Waals surface area contributed by atoms with Gasteiger partial charge in [-0.1, -0.05) is 0 Å². The van der Waals surface area contributed by atoms with Crippen LogP contribution in [0.15, 0.2) is 24.4 Å². The van der Waals surface area contributed by atoms with E-state index < -0.39 is 23.1 Å². The van der Waals surface area contributed by atoms with E-state index in [0.29, 0.717) is 31.1 Å². The molecule has 2 fully saturated rings. The third-order valence-electron chi connectivity index (χ3n) is 6.70. The van der Waals surface area contributed by atoms with Crippen molar-refractivity contribution in [1.82, 2.24) is 10.3 Å². The highest BCUT2D eigenvalue weighted by molar-refractivity contribution is 6.04. The highest BCUT2D eigenvalue weighted by Crippen LogP contribution is 2.43. The van der Waals surface area contributed by atoms with Gasteiger partial charge in [-0.05, 0) is 63.1 Å². The Morgan fingerprint density at radius 1 is 1.31 bits per heavy atom. The number of ether oxygens (including phenoxy) is 1. The van der Waals surface area contributed by atoms with Gasteiger partial charge in [-0.3, -0.25) is 9.59 Å². The number of halogens is 2. The van der Waals surface area contributed by atoms with Gasteiger partial charge >= 0.3 is 5.97 Å². The summed E-state index contributed by atoms with van der Waals surface area (Å²) in [5, 5.41) is 12.0. The van der Waals surface area contributed by atoms with E-state index in [9.17, 15) is 18.4 Å². The molecule has 2 atom stereocenters. The van der Waals surface area contributed by atoms with Gasteiger partial charge < -0.3 is 25.8 Å². The predicted molar refractivity (Wildman–Crippen MR) is 131 cm³/mol. The summed E-state index contributed by atoms with van der Waals surface area (Å²) < 4.78 is 34.5. The average molecular weight is 503 g/mol. The molecule has 0 bridgehead atoms. The summed E-state index contributed by atoms with van der Waals surface area (Å²) >= 11 is 0. The predicted octanol–water partition coefficient (Wildman–Crippen LogP) is 3.73. The van der Waals surface area contributed by atoms with Crippen molar-refractivity contribution in [1.29, 1.82) is 0 Å². The number of carbonyl (C=O) groups excluding carboxylic acids is 1. The zero-order valence-corrected chi connectivity index (χ0v) is 20.5. The molecular formula is C26H32F2N4O4. The highest BCUT2D eigenvalue weighted by Gasteiger charge is 2.36. The molecule has 1 amide bonds. The Bertz CT molecular complexity index is 1130. The molecule has 0 radical (unpaired) electrons. The summed E-state index contributed by atoms with van der Waals surface area (Å²) in [6.45, 7) is 4.84. The minimum atomic E-state index is -0.962. The van der Waals surface area contributed by atoms with Crippen LogP contribution < -0.4 is 20.7 Å². The Morgan fingerprint density at radius 2 is 2.00 bits per heavy atom. The lowest BCUT2D eigenvalue weighted by Crippen LogP contribution is -2.40. The van der Waals surface area contributed by atoms with Crippen LogP contribution in [-0.2, 0) is 4.79 Å². The third kappa shape index (κ3) is 6.10. The molecule has 4 N–H and O–H groups in total. The van der Waals surface area contributed by atoms with Crippen molar-refractivity contribution >= 4 is 17.6 Å². The number of aromatic nitrogens is 1. The van der Waals surface area contributed by atoms with Crippen LogP contribution in [0.25, 0.3) is 11.1 Å². The van der Waals surface area contributed by atoms with Crippen molar-refractivity contribution in [2.75, 3.05) is 24.6 Å². The lowest BCUT2D eigenvalue weighted by molar-refractivity contribution is -0.137. The van der Waals surface area contributed by atoms with Gasteiger partial charge in [0.2, 0.25) is 5.88 Å². The van der Waals surface area contributed by atoms with Crippen molar-refractivity contribution in [3.05, 3.63) is 41.6 Å². The Hall–Kier alpha value is -3.27. The van der Waals surface area contributed by atoms with E-state index in [4.69, 9.17) is 15.6 Å². The first-order valence-corrected chi connectivity index (χ1v) is 12.2. The normalized spacial score (nSPS) is 20.3. The van der Waals surface area contributed by atoms with E-state index in [2.05, 4.69) is 10.3 Å². The smallest absolute Gasteiger partial charge is 0.303 e. The van der Waals surface area contributed by atoms with Crippen molar-refractivity contribution in [3.8, 4) is 17.0 Å². The summed E-state index contributed by atoms with van der Waals surface area (Å²) in [6.07, 6.45) is 4.29. The van der Waals surface area contributed by atoms with Crippen LogP contribution in [0.3, 0.4) is 0 Å². The van der Waals surface area contributed by atoms with E-state index in [-0.39, 0.29) is 54.0 Å². The largest absolute Gasteiger partial charge is 0.481 e. The number of carboxylic acids is 1. The van der Waals surface area contributed by atoms with Gasteiger partial charge in [-0.15, -0.1) is 0 Å². The number of nitrogens with one attached hydrogen (secondary N) is 1. The van der Waals surface area contributed by atoms with Crippen LogP contribution in [0.2, 0.25) is 0 Å². The second kappa shape index (κ2) is 10.4. The molecule has 2 aliphatic rings. The SMILES string of the molecule is CC(NC(=O)c1cnc(OCCCC(=O)O)c(-c2cc(F)cc(F)c2)c1N1CC[C@](C)(N)C1)C1CC1. The number of hydrogen-bond acceptors (Lipinski definition) is 6. The van der Waals surface area contributed by atoms with Crippen molar-refractivity contribution in [2.24, 2.45) is 11.7 Å². The number of amides is 1. The quantitative estimate of drug-likeness (QED) is 0.424. The summed E-state index contributed by atoms with van der Waals surface area (Å²) in [5.74, 6) is -2.37. The Balaban J connectivity index is 1.82. The molecule has 1 unspecified atom stereocenters. The highest BCUT2D eigenvalue weighted by atomic mass is 19.1. The molecule has 1 saturated heterocycles. The third-order valence-corrected chi connectivity index (χ3v) is 6.70. The number of hydrogen-bond donors (Lipinski definition) is 3. The standard InChI is InChI=1S/C26H32F2N4O4/c1-15(16-5-6-16)31-24(35)20-13-30-25(36-9-3-4-21(33)34)22(17-10-18(27)12-19(28)11-17)23(20)32-8-7-26(2,29)14-32/h10-13,15-16H,3-9,14,29H2,1-2H3,(H,31,35)(H,33,34)/t15?,26-/m0/s1. The van der Waals surface area contributed by atoms with E-state index in [1.54, 1.807) is 0 Å². The van der Waals surface area contributed by atoms with Gasteiger partial charge in [0.1, 0.15) is 11.6 Å². The molecule has 194 valence electrons. The fourth-order valence-electron chi connectivity index (χ4n) is 4.61. The monoisotopic (exact) mass is 502 g/mol. The first-order chi connectivity index (χ1) is 17.0. The first-order valence-electron chi connectivity index (χ1n) is 12.2. The summed E-state index contributed by atoms with van der Waals surface area (Å²) in [4.78, 5) is 30.6. The van der Waals surface area contributed by atoms with Crippen LogP contribution in [0, 0.1) is 17.6 Å². The molecule has 2 heterocycles. The number of carbonyl (C=O) groups is 2. The zero-order valence-electron chi connectivity index (χ0n) is 20.5. The molecule has 1 aliphatic heterocycles. The molecule has 2 aromatic rings. The van der Waals surface area contributed by atoms with Crippen molar-refractivity contribution < 1.29 is 28.2 Å². The topological polar surface area (TPSA) is 118 Å². The van der Waals surface area contributed by atoms with Crippen LogP contribution in [0.5, 0.6) is 5.88 Å². The van der Waals surface area contributed by atoms with Crippen LogP contribution in [0.1, 0.15) is 56.3 Å². The number of pyridine rings is 1. The molecule has 4 rings (SSSR count). The van der Waals surface area contributed by atoms with Crippen molar-refractivity contribution in [3.63, 3.8) is 0 Å². The number of anilines is 1. The van der Waals surface area contributed by atoms with E-state index in [1.165, 1.54) is 18.3 Å². The minimum absolute atomic E-state index is 0.0225.